The number of likely N-dealkylation sites (tertiary alicyclic amines) is 1. The van der Waals surface area contributed by atoms with Gasteiger partial charge in [0.05, 0.1) is 18.5 Å². The number of carbonyl (C=O) groups is 1. The highest BCUT2D eigenvalue weighted by Gasteiger charge is 2.32. The zero-order chi connectivity index (χ0) is 17.8. The smallest absolute Gasteiger partial charge is 0.278 e. The third-order valence-electron chi connectivity index (χ3n) is 4.71. The zero-order valence-corrected chi connectivity index (χ0v) is 16.1. The van der Waals surface area contributed by atoms with Crippen molar-refractivity contribution in [2.24, 2.45) is 11.7 Å². The van der Waals surface area contributed by atoms with Gasteiger partial charge >= 0.3 is 0 Å². The molecule has 0 bridgehead atoms. The molecule has 2 aromatic rings. The lowest BCUT2D eigenvalue weighted by molar-refractivity contribution is 0.0563. The Balaban J connectivity index is 0.00000243. The normalized spacial score (nSPS) is 19.7. The minimum atomic E-state index is -0.0968. The minimum absolute atomic E-state index is 0. The molecule has 26 heavy (non-hydrogen) atoms. The number of hydrogen-bond donors (Lipinski definition) is 1. The van der Waals surface area contributed by atoms with Crippen LogP contribution in [0.3, 0.4) is 0 Å². The second-order valence-electron chi connectivity index (χ2n) is 6.57. The number of aromatic nitrogens is 2. The van der Waals surface area contributed by atoms with E-state index in [0.29, 0.717) is 37.1 Å². The van der Waals surface area contributed by atoms with E-state index in [2.05, 4.69) is 12.0 Å². The Morgan fingerprint density at radius 2 is 2.08 bits per heavy atom. The number of para-hydroxylation sites is 1. The van der Waals surface area contributed by atoms with Crippen LogP contribution in [0.2, 0.25) is 0 Å². The molecule has 1 saturated heterocycles. The molecule has 0 saturated carbocycles. The fourth-order valence-corrected chi connectivity index (χ4v) is 3.36. The summed E-state index contributed by atoms with van der Waals surface area (Å²) in [6.45, 7) is 5.78. The average molecular weight is 379 g/mol. The topological polar surface area (TPSA) is 73.4 Å². The van der Waals surface area contributed by atoms with Gasteiger partial charge in [-0.25, -0.2) is 4.68 Å². The molecule has 7 heteroatoms. The van der Waals surface area contributed by atoms with Crippen LogP contribution in [0.15, 0.2) is 36.5 Å². The predicted molar refractivity (Wildman–Crippen MR) is 104 cm³/mol. The van der Waals surface area contributed by atoms with E-state index in [4.69, 9.17) is 10.5 Å². The van der Waals surface area contributed by atoms with Gasteiger partial charge in [-0.2, -0.15) is 5.10 Å². The highest BCUT2D eigenvalue weighted by atomic mass is 35.5. The van der Waals surface area contributed by atoms with Crippen LogP contribution in [0.25, 0.3) is 5.69 Å². The molecule has 1 aromatic carbocycles. The lowest BCUT2D eigenvalue weighted by Gasteiger charge is -2.37. The van der Waals surface area contributed by atoms with Crippen molar-refractivity contribution in [1.29, 1.82) is 0 Å². The van der Waals surface area contributed by atoms with E-state index in [1.807, 2.05) is 42.2 Å². The van der Waals surface area contributed by atoms with Gasteiger partial charge < -0.3 is 15.4 Å². The van der Waals surface area contributed by atoms with Gasteiger partial charge in [-0.3, -0.25) is 4.79 Å². The first-order valence-electron chi connectivity index (χ1n) is 8.93. The Hall–Kier alpha value is -2.05. The summed E-state index contributed by atoms with van der Waals surface area (Å²) in [5, 5.41) is 4.52. The Kier molecular flexibility index (Phi) is 7.06. The number of amides is 1. The third kappa shape index (κ3) is 4.19. The van der Waals surface area contributed by atoms with Gasteiger partial charge in [-0.1, -0.05) is 25.1 Å². The van der Waals surface area contributed by atoms with Crippen molar-refractivity contribution in [3.05, 3.63) is 42.2 Å². The molecule has 142 valence electrons. The molecular weight excluding hydrogens is 352 g/mol. The van der Waals surface area contributed by atoms with Crippen LogP contribution in [0, 0.1) is 5.92 Å². The predicted octanol–water partition coefficient (Wildman–Crippen LogP) is 2.89. The van der Waals surface area contributed by atoms with Gasteiger partial charge in [0.25, 0.3) is 5.91 Å². The van der Waals surface area contributed by atoms with Crippen LogP contribution in [-0.2, 0) is 0 Å². The third-order valence-corrected chi connectivity index (χ3v) is 4.71. The quantitative estimate of drug-likeness (QED) is 0.868. The van der Waals surface area contributed by atoms with Crippen LogP contribution in [0.5, 0.6) is 5.75 Å². The molecular formula is C19H27ClN4O2. The van der Waals surface area contributed by atoms with Gasteiger partial charge in [0, 0.05) is 19.1 Å². The second kappa shape index (κ2) is 9.05. The number of benzene rings is 1. The summed E-state index contributed by atoms with van der Waals surface area (Å²) in [6, 6.07) is 9.78. The van der Waals surface area contributed by atoms with Crippen molar-refractivity contribution in [2.45, 2.75) is 32.7 Å². The van der Waals surface area contributed by atoms with Crippen molar-refractivity contribution in [3.63, 3.8) is 0 Å². The molecule has 0 aliphatic carbocycles. The average Bonchev–Trinajstić information content (AvgIpc) is 3.06. The van der Waals surface area contributed by atoms with Crippen LogP contribution in [0.1, 0.15) is 37.2 Å². The fourth-order valence-electron chi connectivity index (χ4n) is 3.36. The van der Waals surface area contributed by atoms with E-state index in [0.717, 1.165) is 18.5 Å². The van der Waals surface area contributed by atoms with Gasteiger partial charge in [-0.05, 0) is 37.8 Å². The zero-order valence-electron chi connectivity index (χ0n) is 15.3. The molecule has 1 aliphatic heterocycles. The van der Waals surface area contributed by atoms with Crippen molar-refractivity contribution in [1.82, 2.24) is 14.7 Å². The summed E-state index contributed by atoms with van der Waals surface area (Å²) in [6.07, 6.45) is 3.70. The second-order valence-corrected chi connectivity index (χ2v) is 6.57. The van der Waals surface area contributed by atoms with E-state index in [1.165, 1.54) is 0 Å². The minimum Gasteiger partial charge on any atom is -0.490 e. The van der Waals surface area contributed by atoms with E-state index in [-0.39, 0.29) is 24.4 Å². The van der Waals surface area contributed by atoms with Gasteiger partial charge in [0.1, 0.15) is 0 Å². The molecule has 3 rings (SSSR count). The Labute approximate surface area is 160 Å². The van der Waals surface area contributed by atoms with Gasteiger partial charge in [0.2, 0.25) is 0 Å². The molecule has 2 atom stereocenters. The molecule has 2 heterocycles. The van der Waals surface area contributed by atoms with Gasteiger partial charge in [0.15, 0.2) is 11.4 Å². The molecule has 2 unspecified atom stereocenters. The maximum atomic E-state index is 13.1. The highest BCUT2D eigenvalue weighted by Crippen LogP contribution is 2.27. The molecule has 1 aromatic heterocycles. The molecule has 1 fully saturated rings. The van der Waals surface area contributed by atoms with E-state index >= 15 is 0 Å². The monoisotopic (exact) mass is 378 g/mol. The first-order valence-corrected chi connectivity index (χ1v) is 8.93. The molecule has 1 aliphatic rings. The number of halogens is 1. The Bertz CT molecular complexity index is 720. The molecule has 1 amide bonds. The van der Waals surface area contributed by atoms with Crippen molar-refractivity contribution in [3.8, 4) is 11.4 Å². The van der Waals surface area contributed by atoms with Crippen LogP contribution >= 0.6 is 12.4 Å². The van der Waals surface area contributed by atoms with E-state index in [1.54, 1.807) is 10.9 Å². The summed E-state index contributed by atoms with van der Waals surface area (Å²) in [5.74, 6) is 1.01. The summed E-state index contributed by atoms with van der Waals surface area (Å²) in [5.41, 5.74) is 7.17. The SMILES string of the molecule is CCOc1cn(-c2ccccc2)nc1C(=O)N1CCC(C)CC1CN.Cl. The van der Waals surface area contributed by atoms with Crippen LogP contribution < -0.4 is 10.5 Å². The summed E-state index contributed by atoms with van der Waals surface area (Å²) >= 11 is 0. The van der Waals surface area contributed by atoms with Gasteiger partial charge in [-0.15, -0.1) is 12.4 Å². The number of nitrogens with two attached hydrogens (primary N) is 1. The van der Waals surface area contributed by atoms with Crippen LogP contribution in [-0.4, -0.2) is 46.3 Å². The standard InChI is InChI=1S/C19H26N4O2.ClH/c1-3-25-17-13-23(15-7-5-4-6-8-15)21-18(17)19(24)22-10-9-14(2)11-16(22)12-20;/h4-8,13-14,16H,3,9-12,20H2,1-2H3;1H. The Morgan fingerprint density at radius 1 is 1.35 bits per heavy atom. The Morgan fingerprint density at radius 3 is 2.73 bits per heavy atom. The highest BCUT2D eigenvalue weighted by molar-refractivity contribution is 5.95. The summed E-state index contributed by atoms with van der Waals surface area (Å²) < 4.78 is 7.38. The fraction of sp³-hybridized carbons (Fsp3) is 0.474. The lowest BCUT2D eigenvalue weighted by Crippen LogP contribution is -2.49. The van der Waals surface area contributed by atoms with Crippen molar-refractivity contribution in [2.75, 3.05) is 19.7 Å². The maximum Gasteiger partial charge on any atom is 0.278 e. The molecule has 2 N–H and O–H groups in total. The van der Waals surface area contributed by atoms with Crippen LogP contribution in [0.4, 0.5) is 0 Å². The summed E-state index contributed by atoms with van der Waals surface area (Å²) in [4.78, 5) is 15.0. The maximum absolute atomic E-state index is 13.1. The number of nitrogens with zero attached hydrogens (tertiary/aromatic N) is 3. The number of piperidine rings is 1. The first-order chi connectivity index (χ1) is 12.1. The largest absolute Gasteiger partial charge is 0.490 e. The number of ether oxygens (including phenoxy) is 1. The first kappa shape index (κ1) is 20.3. The van der Waals surface area contributed by atoms with Crippen molar-refractivity contribution >= 4 is 18.3 Å². The van der Waals surface area contributed by atoms with E-state index in [9.17, 15) is 4.79 Å². The molecule has 6 nitrogen and oxygen atoms in total. The lowest BCUT2D eigenvalue weighted by atomic mass is 9.92. The molecule has 0 spiro atoms. The molecule has 0 radical (unpaired) electrons. The number of hydrogen-bond acceptors (Lipinski definition) is 4. The van der Waals surface area contributed by atoms with Crippen molar-refractivity contribution < 1.29 is 9.53 Å². The summed E-state index contributed by atoms with van der Waals surface area (Å²) in [7, 11) is 0. The number of carbonyl (C=O) groups excluding carboxylic acids is 1. The van der Waals surface area contributed by atoms with E-state index < -0.39 is 0 Å². The number of rotatable bonds is 5.